The van der Waals surface area contributed by atoms with Gasteiger partial charge in [-0.25, -0.2) is 13.6 Å². The number of benzene rings is 3. The molecule has 0 fully saturated rings. The molecule has 0 radical (unpaired) electrons. The smallest absolute Gasteiger partial charge is 0.258 e. The molecule has 1 aliphatic rings. The van der Waals surface area contributed by atoms with Crippen molar-refractivity contribution in [3.05, 3.63) is 113 Å². The molecule has 0 bridgehead atoms. The molecule has 5 nitrogen and oxygen atoms in total. The number of amides is 1. The highest BCUT2D eigenvalue weighted by Gasteiger charge is 2.28. The van der Waals surface area contributed by atoms with Gasteiger partial charge in [0.25, 0.3) is 5.91 Å². The van der Waals surface area contributed by atoms with Crippen LogP contribution in [0.5, 0.6) is 0 Å². The molecule has 0 saturated carbocycles. The molecule has 6 heteroatoms. The predicted octanol–water partition coefficient (Wildman–Crippen LogP) is 3.84. The van der Waals surface area contributed by atoms with Gasteiger partial charge in [0.2, 0.25) is 10.0 Å². The number of sulfonamides is 1. The van der Waals surface area contributed by atoms with Crippen LogP contribution in [0.15, 0.2) is 101 Å². The van der Waals surface area contributed by atoms with E-state index in [-0.39, 0.29) is 10.8 Å². The fraction of sp³-hybridized carbons (Fsp3) is 0.0800. The standard InChI is InChI=1S/C25H22N2O3S/c26-31(29,30)23-13-11-19(12-14-23)15-16-27-24(21-9-5-2-6-10-21)18-22(25(27)28)17-20-7-3-1-4-8-20/h1-14,17-18H,15-16H2,(H2,26,29,30)/b22-17+. The summed E-state index contributed by atoms with van der Waals surface area (Å²) in [6.07, 6.45) is 4.40. The Balaban J connectivity index is 1.60. The summed E-state index contributed by atoms with van der Waals surface area (Å²) >= 11 is 0. The lowest BCUT2D eigenvalue weighted by molar-refractivity contribution is -0.122. The summed E-state index contributed by atoms with van der Waals surface area (Å²) in [6.45, 7) is 0.473. The molecule has 2 N–H and O–H groups in total. The van der Waals surface area contributed by atoms with E-state index in [1.54, 1.807) is 17.0 Å². The SMILES string of the molecule is NS(=O)(=O)c1ccc(CCN2C(=O)/C(=C/c3ccccc3)C=C2c2ccccc2)cc1. The van der Waals surface area contributed by atoms with Crippen LogP contribution < -0.4 is 5.14 Å². The molecule has 4 rings (SSSR count). The van der Waals surface area contributed by atoms with E-state index < -0.39 is 10.0 Å². The Kier molecular flexibility index (Phi) is 5.84. The fourth-order valence-electron chi connectivity index (χ4n) is 3.54. The number of carbonyl (C=O) groups is 1. The first-order valence-corrected chi connectivity index (χ1v) is 11.4. The van der Waals surface area contributed by atoms with Gasteiger partial charge in [-0.05, 0) is 47.4 Å². The Labute approximate surface area is 182 Å². The minimum Gasteiger partial charge on any atom is -0.307 e. The fourth-order valence-corrected chi connectivity index (χ4v) is 4.06. The molecule has 0 aromatic heterocycles. The number of nitrogens with zero attached hydrogens (tertiary/aromatic N) is 1. The van der Waals surface area contributed by atoms with Gasteiger partial charge in [0.1, 0.15) is 0 Å². The van der Waals surface area contributed by atoms with Crippen LogP contribution in [0, 0.1) is 0 Å². The van der Waals surface area contributed by atoms with Gasteiger partial charge in [-0.3, -0.25) is 4.79 Å². The van der Waals surface area contributed by atoms with Gasteiger partial charge in [-0.1, -0.05) is 72.8 Å². The minimum absolute atomic E-state index is 0.0520. The summed E-state index contributed by atoms with van der Waals surface area (Å²) < 4.78 is 22.9. The number of hydrogen-bond acceptors (Lipinski definition) is 3. The first-order chi connectivity index (χ1) is 14.9. The average Bonchev–Trinajstić information content (AvgIpc) is 3.08. The van der Waals surface area contributed by atoms with Crippen molar-refractivity contribution in [1.82, 2.24) is 4.90 Å². The number of hydrogen-bond donors (Lipinski definition) is 1. The maximum atomic E-state index is 13.2. The van der Waals surface area contributed by atoms with Crippen molar-refractivity contribution in [3.8, 4) is 0 Å². The molecule has 0 atom stereocenters. The van der Waals surface area contributed by atoms with Crippen molar-refractivity contribution in [3.63, 3.8) is 0 Å². The van der Waals surface area contributed by atoms with Gasteiger partial charge in [-0.15, -0.1) is 0 Å². The quantitative estimate of drug-likeness (QED) is 0.604. The molecule has 156 valence electrons. The summed E-state index contributed by atoms with van der Waals surface area (Å²) in [5.41, 5.74) is 4.35. The zero-order valence-electron chi connectivity index (χ0n) is 16.8. The molecular formula is C25H22N2O3S. The van der Waals surface area contributed by atoms with Crippen LogP contribution in [-0.4, -0.2) is 25.8 Å². The Morgan fingerprint density at radius 3 is 2.06 bits per heavy atom. The van der Waals surface area contributed by atoms with E-state index in [4.69, 9.17) is 5.14 Å². The number of rotatable bonds is 6. The lowest BCUT2D eigenvalue weighted by atomic mass is 10.1. The lowest BCUT2D eigenvalue weighted by Gasteiger charge is -2.21. The van der Waals surface area contributed by atoms with Gasteiger partial charge < -0.3 is 4.90 Å². The van der Waals surface area contributed by atoms with Crippen molar-refractivity contribution < 1.29 is 13.2 Å². The largest absolute Gasteiger partial charge is 0.307 e. The molecule has 3 aromatic carbocycles. The molecule has 0 saturated heterocycles. The molecule has 1 aliphatic heterocycles. The third-order valence-corrected chi connectivity index (χ3v) is 6.07. The predicted molar refractivity (Wildman–Crippen MR) is 122 cm³/mol. The molecular weight excluding hydrogens is 408 g/mol. The second kappa shape index (κ2) is 8.71. The maximum absolute atomic E-state index is 13.2. The third kappa shape index (κ3) is 4.82. The van der Waals surface area contributed by atoms with Crippen molar-refractivity contribution in [2.45, 2.75) is 11.3 Å². The topological polar surface area (TPSA) is 80.5 Å². The number of carbonyl (C=O) groups excluding carboxylic acids is 1. The first kappa shape index (κ1) is 20.8. The van der Waals surface area contributed by atoms with Gasteiger partial charge in [-0.2, -0.15) is 0 Å². The highest BCUT2D eigenvalue weighted by atomic mass is 32.2. The van der Waals surface area contributed by atoms with Crippen LogP contribution in [0.3, 0.4) is 0 Å². The van der Waals surface area contributed by atoms with E-state index in [9.17, 15) is 13.2 Å². The van der Waals surface area contributed by atoms with E-state index in [2.05, 4.69) is 0 Å². The third-order valence-electron chi connectivity index (χ3n) is 5.14. The number of nitrogens with two attached hydrogens (primary N) is 1. The Hall–Kier alpha value is -3.48. The monoisotopic (exact) mass is 430 g/mol. The van der Waals surface area contributed by atoms with E-state index >= 15 is 0 Å². The van der Waals surface area contributed by atoms with Crippen LogP contribution in [0.1, 0.15) is 16.7 Å². The van der Waals surface area contributed by atoms with Crippen LogP contribution >= 0.6 is 0 Å². The zero-order valence-corrected chi connectivity index (χ0v) is 17.6. The van der Waals surface area contributed by atoms with Crippen molar-refractivity contribution >= 4 is 27.7 Å². The van der Waals surface area contributed by atoms with Crippen LogP contribution in [0.25, 0.3) is 11.8 Å². The first-order valence-electron chi connectivity index (χ1n) is 9.89. The summed E-state index contributed by atoms with van der Waals surface area (Å²) in [5.74, 6) is -0.0520. The highest BCUT2D eigenvalue weighted by Crippen LogP contribution is 2.31. The average molecular weight is 431 g/mol. The molecule has 1 amide bonds. The summed E-state index contributed by atoms with van der Waals surface area (Å²) in [4.78, 5) is 15.1. The highest BCUT2D eigenvalue weighted by molar-refractivity contribution is 7.89. The maximum Gasteiger partial charge on any atom is 0.258 e. The molecule has 0 aliphatic carbocycles. The summed E-state index contributed by atoms with van der Waals surface area (Å²) in [7, 11) is -3.72. The zero-order chi connectivity index (χ0) is 21.8. The van der Waals surface area contributed by atoms with Gasteiger partial charge in [0, 0.05) is 12.1 Å². The normalized spacial score (nSPS) is 15.4. The second-order valence-electron chi connectivity index (χ2n) is 7.30. The minimum atomic E-state index is -3.72. The second-order valence-corrected chi connectivity index (χ2v) is 8.86. The lowest BCUT2D eigenvalue weighted by Crippen LogP contribution is -2.27. The van der Waals surface area contributed by atoms with E-state index in [1.807, 2.05) is 72.8 Å². The summed E-state index contributed by atoms with van der Waals surface area (Å²) in [6, 6.07) is 26.0. The van der Waals surface area contributed by atoms with Crippen molar-refractivity contribution in [2.24, 2.45) is 5.14 Å². The van der Waals surface area contributed by atoms with Crippen LogP contribution in [-0.2, 0) is 21.2 Å². The molecule has 0 unspecified atom stereocenters. The molecule has 1 heterocycles. The van der Waals surface area contributed by atoms with Gasteiger partial charge in [0.15, 0.2) is 0 Å². The van der Waals surface area contributed by atoms with Gasteiger partial charge >= 0.3 is 0 Å². The summed E-state index contributed by atoms with van der Waals surface area (Å²) in [5, 5.41) is 5.17. The van der Waals surface area contributed by atoms with Crippen LogP contribution in [0.4, 0.5) is 0 Å². The van der Waals surface area contributed by atoms with E-state index in [0.29, 0.717) is 18.5 Å². The van der Waals surface area contributed by atoms with E-state index in [1.165, 1.54) is 12.1 Å². The van der Waals surface area contributed by atoms with E-state index in [0.717, 1.165) is 22.4 Å². The molecule has 3 aromatic rings. The Morgan fingerprint density at radius 1 is 0.839 bits per heavy atom. The molecule has 31 heavy (non-hydrogen) atoms. The Bertz CT molecular complexity index is 1250. The Morgan fingerprint density at radius 2 is 1.45 bits per heavy atom. The van der Waals surface area contributed by atoms with Gasteiger partial charge in [0.05, 0.1) is 10.6 Å². The number of primary sulfonamides is 1. The van der Waals surface area contributed by atoms with Crippen molar-refractivity contribution in [2.75, 3.05) is 6.54 Å². The van der Waals surface area contributed by atoms with Crippen LogP contribution in [0.2, 0.25) is 0 Å². The molecule has 0 spiro atoms. The van der Waals surface area contributed by atoms with Crippen molar-refractivity contribution in [1.29, 1.82) is 0 Å².